The van der Waals surface area contributed by atoms with Crippen molar-refractivity contribution in [1.29, 1.82) is 0 Å². The van der Waals surface area contributed by atoms with E-state index in [2.05, 4.69) is 22.4 Å². The number of methoxy groups -OCH3 is 1. The highest BCUT2D eigenvalue weighted by molar-refractivity contribution is 7.98. The van der Waals surface area contributed by atoms with Crippen LogP contribution in [-0.4, -0.2) is 42.7 Å². The molecule has 6 heteroatoms. The van der Waals surface area contributed by atoms with Crippen molar-refractivity contribution < 1.29 is 9.26 Å². The topological polar surface area (TPSA) is 60.2 Å². The van der Waals surface area contributed by atoms with Crippen LogP contribution >= 0.6 is 11.8 Å². The molecule has 98 valence electrons. The van der Waals surface area contributed by atoms with Gasteiger partial charge in [0.25, 0.3) is 0 Å². The number of hydrogen-bond donors (Lipinski definition) is 1. The first-order chi connectivity index (χ1) is 8.30. The van der Waals surface area contributed by atoms with E-state index >= 15 is 0 Å². The van der Waals surface area contributed by atoms with E-state index in [0.29, 0.717) is 18.9 Å². The first kappa shape index (κ1) is 14.5. The zero-order valence-electron chi connectivity index (χ0n) is 10.7. The zero-order chi connectivity index (χ0) is 12.5. The molecule has 0 spiro atoms. The van der Waals surface area contributed by atoms with Crippen LogP contribution < -0.4 is 5.32 Å². The molecular formula is C11H21N3O2S. The first-order valence-corrected chi connectivity index (χ1v) is 7.01. The van der Waals surface area contributed by atoms with E-state index in [1.54, 1.807) is 7.11 Å². The number of nitrogens with one attached hydrogen (secondary N) is 1. The van der Waals surface area contributed by atoms with E-state index < -0.39 is 0 Å². The second kappa shape index (κ2) is 8.49. The second-order valence-corrected chi connectivity index (χ2v) is 4.91. The molecule has 5 nitrogen and oxygen atoms in total. The smallest absolute Gasteiger partial charge is 0.228 e. The molecule has 0 amide bonds. The molecular weight excluding hydrogens is 238 g/mol. The van der Waals surface area contributed by atoms with Gasteiger partial charge >= 0.3 is 0 Å². The molecule has 1 atom stereocenters. The summed E-state index contributed by atoms with van der Waals surface area (Å²) in [5, 5.41) is 7.11. The van der Waals surface area contributed by atoms with Crippen molar-refractivity contribution >= 4 is 11.8 Å². The van der Waals surface area contributed by atoms with Crippen LogP contribution in [-0.2, 0) is 16.9 Å². The van der Waals surface area contributed by atoms with Crippen molar-refractivity contribution in [3.8, 4) is 0 Å². The summed E-state index contributed by atoms with van der Waals surface area (Å²) in [6, 6.07) is 0.219. The van der Waals surface area contributed by atoms with E-state index in [1.807, 2.05) is 18.8 Å². The third kappa shape index (κ3) is 5.52. The van der Waals surface area contributed by atoms with Crippen LogP contribution in [0.25, 0.3) is 0 Å². The van der Waals surface area contributed by atoms with Crippen LogP contribution in [0.2, 0.25) is 0 Å². The first-order valence-electron chi connectivity index (χ1n) is 5.85. The summed E-state index contributed by atoms with van der Waals surface area (Å²) in [4.78, 5) is 4.36. The van der Waals surface area contributed by atoms with Crippen molar-refractivity contribution in [3.05, 3.63) is 11.7 Å². The van der Waals surface area contributed by atoms with E-state index in [4.69, 9.17) is 9.26 Å². The highest BCUT2D eigenvalue weighted by atomic mass is 32.2. The van der Waals surface area contributed by atoms with Gasteiger partial charge in [-0.3, -0.25) is 0 Å². The fourth-order valence-electron chi connectivity index (χ4n) is 1.40. The Morgan fingerprint density at radius 1 is 1.53 bits per heavy atom. The molecule has 1 aromatic heterocycles. The van der Waals surface area contributed by atoms with Crippen LogP contribution in [0.3, 0.4) is 0 Å². The number of likely N-dealkylation sites (N-methyl/N-ethyl adjacent to an activating group) is 1. The number of aromatic nitrogens is 2. The summed E-state index contributed by atoms with van der Waals surface area (Å²) >= 11 is 1.83. The lowest BCUT2D eigenvalue weighted by atomic mass is 10.2. The van der Waals surface area contributed by atoms with Crippen LogP contribution in [0.4, 0.5) is 0 Å². The minimum Gasteiger partial charge on any atom is -0.383 e. The summed E-state index contributed by atoms with van der Waals surface area (Å²) < 4.78 is 10.3. The Balaban J connectivity index is 2.38. The summed E-state index contributed by atoms with van der Waals surface area (Å²) in [7, 11) is 3.59. The van der Waals surface area contributed by atoms with Gasteiger partial charge in [-0.25, -0.2) is 0 Å². The molecule has 0 aromatic carbocycles. The van der Waals surface area contributed by atoms with Crippen molar-refractivity contribution in [3.63, 3.8) is 0 Å². The van der Waals surface area contributed by atoms with Gasteiger partial charge in [0.05, 0.1) is 12.4 Å². The average Bonchev–Trinajstić information content (AvgIpc) is 2.77. The Labute approximate surface area is 107 Å². The SMILES string of the molecule is CCCSCc1noc(CC(COC)NC)n1. The third-order valence-corrected chi connectivity index (χ3v) is 3.45. The molecule has 0 fully saturated rings. The molecule has 1 N–H and O–H groups in total. The molecule has 0 aliphatic heterocycles. The molecule has 0 aliphatic carbocycles. The van der Waals surface area contributed by atoms with Crippen molar-refractivity contribution in [2.45, 2.75) is 31.6 Å². The predicted molar refractivity (Wildman–Crippen MR) is 69.2 cm³/mol. The van der Waals surface area contributed by atoms with Gasteiger partial charge in [0.15, 0.2) is 5.82 Å². The summed E-state index contributed by atoms with van der Waals surface area (Å²) in [5.41, 5.74) is 0. The predicted octanol–water partition coefficient (Wildman–Crippen LogP) is 1.49. The highest BCUT2D eigenvalue weighted by Gasteiger charge is 2.12. The van der Waals surface area contributed by atoms with Crippen LogP contribution in [0.15, 0.2) is 4.52 Å². The second-order valence-electron chi connectivity index (χ2n) is 3.80. The largest absolute Gasteiger partial charge is 0.383 e. The van der Waals surface area contributed by atoms with Gasteiger partial charge in [-0.1, -0.05) is 12.1 Å². The Hall–Kier alpha value is -0.590. The van der Waals surface area contributed by atoms with E-state index in [9.17, 15) is 0 Å². The molecule has 0 saturated carbocycles. The number of ether oxygens (including phenoxy) is 1. The lowest BCUT2D eigenvalue weighted by Crippen LogP contribution is -2.32. The normalized spacial score (nSPS) is 12.9. The van der Waals surface area contributed by atoms with Gasteiger partial charge in [0.1, 0.15) is 0 Å². The van der Waals surface area contributed by atoms with Gasteiger partial charge in [0.2, 0.25) is 5.89 Å². The van der Waals surface area contributed by atoms with Gasteiger partial charge in [-0.2, -0.15) is 16.7 Å². The summed E-state index contributed by atoms with van der Waals surface area (Å²) in [5.74, 6) is 3.41. The Bertz CT molecular complexity index is 307. The summed E-state index contributed by atoms with van der Waals surface area (Å²) in [6.07, 6.45) is 1.88. The fourth-order valence-corrected chi connectivity index (χ4v) is 2.13. The molecule has 17 heavy (non-hydrogen) atoms. The maximum atomic E-state index is 5.20. The maximum Gasteiger partial charge on any atom is 0.228 e. The maximum absolute atomic E-state index is 5.20. The van der Waals surface area contributed by atoms with E-state index in [0.717, 1.165) is 17.3 Å². The number of nitrogens with zero attached hydrogens (tertiary/aromatic N) is 2. The van der Waals surface area contributed by atoms with Gasteiger partial charge < -0.3 is 14.6 Å². The van der Waals surface area contributed by atoms with Crippen LogP contribution in [0.1, 0.15) is 25.1 Å². The minimum absolute atomic E-state index is 0.219. The molecule has 1 rings (SSSR count). The van der Waals surface area contributed by atoms with Crippen molar-refractivity contribution in [2.24, 2.45) is 0 Å². The van der Waals surface area contributed by atoms with Crippen LogP contribution in [0, 0.1) is 0 Å². The molecule has 1 heterocycles. The zero-order valence-corrected chi connectivity index (χ0v) is 11.5. The molecule has 0 bridgehead atoms. The molecule has 0 aliphatic rings. The lowest BCUT2D eigenvalue weighted by molar-refractivity contribution is 0.165. The van der Waals surface area contributed by atoms with Crippen molar-refractivity contribution in [1.82, 2.24) is 15.5 Å². The van der Waals surface area contributed by atoms with Gasteiger partial charge in [0, 0.05) is 19.6 Å². The number of thioether (sulfide) groups is 1. The third-order valence-electron chi connectivity index (χ3n) is 2.29. The van der Waals surface area contributed by atoms with Crippen LogP contribution in [0.5, 0.6) is 0 Å². The molecule has 0 saturated heterocycles. The standard InChI is InChI=1S/C11H21N3O2S/c1-4-5-17-8-10-13-11(16-14-10)6-9(12-2)7-15-3/h9,12H,4-8H2,1-3H3. The monoisotopic (exact) mass is 259 g/mol. The highest BCUT2D eigenvalue weighted by Crippen LogP contribution is 2.11. The summed E-state index contributed by atoms with van der Waals surface area (Å²) in [6.45, 7) is 2.80. The number of rotatable bonds is 9. The number of hydrogen-bond acceptors (Lipinski definition) is 6. The molecule has 0 radical (unpaired) electrons. The average molecular weight is 259 g/mol. The Morgan fingerprint density at radius 3 is 3.00 bits per heavy atom. The van der Waals surface area contributed by atoms with Gasteiger partial charge in [-0.15, -0.1) is 0 Å². The minimum atomic E-state index is 0.219. The molecule has 1 aromatic rings. The Morgan fingerprint density at radius 2 is 2.35 bits per heavy atom. The van der Waals surface area contributed by atoms with E-state index in [-0.39, 0.29) is 6.04 Å². The van der Waals surface area contributed by atoms with E-state index in [1.165, 1.54) is 6.42 Å². The fraction of sp³-hybridized carbons (Fsp3) is 0.818. The Kier molecular flexibility index (Phi) is 7.23. The van der Waals surface area contributed by atoms with Gasteiger partial charge in [-0.05, 0) is 19.2 Å². The van der Waals surface area contributed by atoms with Crippen molar-refractivity contribution in [2.75, 3.05) is 26.5 Å². The lowest BCUT2D eigenvalue weighted by Gasteiger charge is -2.11. The molecule has 1 unspecified atom stereocenters. The quantitative estimate of drug-likeness (QED) is 0.678.